The fourth-order valence-corrected chi connectivity index (χ4v) is 8.18. The standard InChI is InChI=1S/C43H52N4O5/c1-9-27-29(11-3)42-41(40-25(22-50)17-26(51-7)18-39(40)52-8)43-30(12-4)28(10-2)36(47-43)20-34-24(6)32(14-16-49)38(45-34)21-37-31(13-15-48)23(5)33(44-37)19-35(27)46-42/h17-21,44,46,48-50H,9-16,22H2,1-8H3. The van der Waals surface area contributed by atoms with Crippen LogP contribution in [0.5, 0.6) is 11.5 Å². The number of aromatic nitrogens is 4. The SMILES string of the molecule is CCC1=C(CC)c2nc1cc1nc(cc3[nH]c(cc4[nH]c(c(CC)c4CC)c2-c2c(CO)cc(OC)cc2OC)c(C)c3CCO)C(CCO)=C1C. The van der Waals surface area contributed by atoms with Gasteiger partial charge in [0, 0.05) is 47.0 Å². The van der Waals surface area contributed by atoms with Crippen molar-refractivity contribution < 1.29 is 24.8 Å². The fourth-order valence-electron chi connectivity index (χ4n) is 8.18. The fraction of sp³-hybridized carbons (Fsp3) is 0.395. The highest BCUT2D eigenvalue weighted by molar-refractivity contribution is 6.03. The third-order valence-electron chi connectivity index (χ3n) is 10.8. The van der Waals surface area contributed by atoms with Gasteiger partial charge in [-0.05, 0) is 127 Å². The third-order valence-corrected chi connectivity index (χ3v) is 10.8. The molecule has 2 aliphatic rings. The summed E-state index contributed by atoms with van der Waals surface area (Å²) in [6, 6.07) is 10.1. The van der Waals surface area contributed by atoms with Gasteiger partial charge >= 0.3 is 0 Å². The molecule has 0 spiro atoms. The van der Waals surface area contributed by atoms with Crippen LogP contribution < -0.4 is 9.47 Å². The molecule has 9 nitrogen and oxygen atoms in total. The number of fused-ring (bicyclic) bond motifs is 8. The summed E-state index contributed by atoms with van der Waals surface area (Å²) in [7, 11) is 3.26. The zero-order valence-electron chi connectivity index (χ0n) is 31.8. The zero-order chi connectivity index (χ0) is 37.3. The number of nitrogens with zero attached hydrogens (tertiary/aromatic N) is 2. The lowest BCUT2D eigenvalue weighted by molar-refractivity contribution is 0.280. The molecule has 0 atom stereocenters. The minimum Gasteiger partial charge on any atom is -0.497 e. The van der Waals surface area contributed by atoms with Crippen LogP contribution in [0, 0.1) is 6.92 Å². The molecule has 3 aromatic heterocycles. The first-order valence-electron chi connectivity index (χ1n) is 18.5. The Morgan fingerprint density at radius 2 is 1.31 bits per heavy atom. The molecule has 0 unspecified atom stereocenters. The number of aryl methyl sites for hydroxylation is 3. The lowest BCUT2D eigenvalue weighted by atomic mass is 9.90. The van der Waals surface area contributed by atoms with Gasteiger partial charge in [0.25, 0.3) is 0 Å². The molecule has 0 fully saturated rings. The number of allylic oxidation sites excluding steroid dienone is 3. The number of benzene rings is 1. The van der Waals surface area contributed by atoms with Crippen molar-refractivity contribution in [2.75, 3.05) is 27.4 Å². The molecule has 0 aliphatic carbocycles. The van der Waals surface area contributed by atoms with Crippen molar-refractivity contribution in [1.29, 1.82) is 0 Å². The highest BCUT2D eigenvalue weighted by Crippen LogP contribution is 2.47. The molecule has 8 bridgehead atoms. The van der Waals surface area contributed by atoms with Crippen LogP contribution in [-0.4, -0.2) is 62.7 Å². The van der Waals surface area contributed by atoms with Gasteiger partial charge in [-0.2, -0.15) is 0 Å². The minimum atomic E-state index is -0.225. The molecule has 274 valence electrons. The Kier molecular flexibility index (Phi) is 11.0. The lowest BCUT2D eigenvalue weighted by Gasteiger charge is -2.18. The smallest absolute Gasteiger partial charge is 0.130 e. The minimum absolute atomic E-state index is 0.00174. The van der Waals surface area contributed by atoms with Gasteiger partial charge < -0.3 is 34.8 Å². The molecule has 5 N–H and O–H groups in total. The second-order valence-corrected chi connectivity index (χ2v) is 13.4. The predicted molar refractivity (Wildman–Crippen MR) is 211 cm³/mol. The molecular formula is C43H52N4O5. The average Bonchev–Trinajstić information content (AvgIpc) is 3.86. The van der Waals surface area contributed by atoms with Gasteiger partial charge in [0.1, 0.15) is 11.5 Å². The van der Waals surface area contributed by atoms with Gasteiger partial charge in [0.15, 0.2) is 0 Å². The number of ether oxygens (including phenoxy) is 2. The van der Waals surface area contributed by atoms with E-state index in [4.69, 9.17) is 19.4 Å². The molecular weight excluding hydrogens is 652 g/mol. The van der Waals surface area contributed by atoms with Crippen LogP contribution in [0.15, 0.2) is 30.3 Å². The Labute approximate surface area is 306 Å². The van der Waals surface area contributed by atoms with Gasteiger partial charge in [0.05, 0.1) is 49.1 Å². The normalized spacial score (nSPS) is 13.1. The summed E-state index contributed by atoms with van der Waals surface area (Å²) < 4.78 is 11.7. The monoisotopic (exact) mass is 704 g/mol. The van der Waals surface area contributed by atoms with E-state index >= 15 is 0 Å². The van der Waals surface area contributed by atoms with Crippen molar-refractivity contribution in [3.63, 3.8) is 0 Å². The van der Waals surface area contributed by atoms with Crippen LogP contribution in [0.4, 0.5) is 0 Å². The van der Waals surface area contributed by atoms with E-state index in [-0.39, 0.29) is 19.8 Å². The topological polar surface area (TPSA) is 137 Å². The first kappa shape index (κ1) is 37.1. The molecule has 0 radical (unpaired) electrons. The molecule has 0 saturated carbocycles. The highest BCUT2D eigenvalue weighted by Gasteiger charge is 2.28. The molecule has 0 saturated heterocycles. The Balaban J connectivity index is 1.95. The lowest BCUT2D eigenvalue weighted by Crippen LogP contribution is -2.00. The largest absolute Gasteiger partial charge is 0.497 e. The molecule has 5 heterocycles. The Hall–Kier alpha value is -4.70. The first-order chi connectivity index (χ1) is 25.2. The van der Waals surface area contributed by atoms with Crippen molar-refractivity contribution in [2.45, 2.75) is 86.7 Å². The maximum atomic E-state index is 10.9. The highest BCUT2D eigenvalue weighted by atomic mass is 16.5. The van der Waals surface area contributed by atoms with E-state index in [1.54, 1.807) is 14.2 Å². The zero-order valence-corrected chi connectivity index (χ0v) is 31.8. The maximum Gasteiger partial charge on any atom is 0.130 e. The van der Waals surface area contributed by atoms with Gasteiger partial charge in [0.2, 0.25) is 0 Å². The maximum absolute atomic E-state index is 10.9. The molecule has 2 aliphatic heterocycles. The molecule has 52 heavy (non-hydrogen) atoms. The third kappa shape index (κ3) is 6.25. The van der Waals surface area contributed by atoms with Gasteiger partial charge in [-0.25, -0.2) is 9.97 Å². The molecule has 9 heteroatoms. The second kappa shape index (κ2) is 15.5. The number of H-pyrrole nitrogens is 2. The van der Waals surface area contributed by atoms with Gasteiger partial charge in [-0.15, -0.1) is 0 Å². The number of methoxy groups -OCH3 is 2. The first-order valence-corrected chi connectivity index (χ1v) is 18.5. The van der Waals surface area contributed by atoms with Crippen LogP contribution in [0.2, 0.25) is 0 Å². The summed E-state index contributed by atoms with van der Waals surface area (Å²) in [5.41, 5.74) is 18.2. The number of aliphatic hydroxyl groups is 3. The summed E-state index contributed by atoms with van der Waals surface area (Å²) in [6.07, 6.45) is 4.04. The van der Waals surface area contributed by atoms with E-state index in [1.807, 2.05) is 12.1 Å². The van der Waals surface area contributed by atoms with Crippen molar-refractivity contribution >= 4 is 44.4 Å². The number of aromatic amines is 2. The van der Waals surface area contributed by atoms with Crippen molar-refractivity contribution in [1.82, 2.24) is 19.9 Å². The predicted octanol–water partition coefficient (Wildman–Crippen LogP) is 8.50. The summed E-state index contributed by atoms with van der Waals surface area (Å²) >= 11 is 0. The number of hydrogen-bond acceptors (Lipinski definition) is 7. The summed E-state index contributed by atoms with van der Waals surface area (Å²) in [5, 5.41) is 31.2. The van der Waals surface area contributed by atoms with Crippen LogP contribution in [0.3, 0.4) is 0 Å². The summed E-state index contributed by atoms with van der Waals surface area (Å²) in [6.45, 7) is 12.6. The molecule has 6 rings (SSSR count). The Bertz CT molecular complexity index is 2230. The number of aliphatic hydroxyl groups excluding tert-OH is 3. The van der Waals surface area contributed by atoms with Crippen molar-refractivity contribution in [3.05, 3.63) is 80.9 Å². The van der Waals surface area contributed by atoms with Crippen molar-refractivity contribution in [2.24, 2.45) is 0 Å². The number of hydrogen-bond donors (Lipinski definition) is 5. The van der Waals surface area contributed by atoms with Crippen LogP contribution in [0.25, 0.3) is 55.5 Å². The number of nitrogens with one attached hydrogen (secondary N) is 2. The Morgan fingerprint density at radius 1 is 0.615 bits per heavy atom. The van der Waals surface area contributed by atoms with Gasteiger partial charge in [-0.3, -0.25) is 0 Å². The van der Waals surface area contributed by atoms with E-state index in [2.05, 4.69) is 69.7 Å². The van der Waals surface area contributed by atoms with Crippen LogP contribution >= 0.6 is 0 Å². The molecule has 4 aromatic rings. The quantitative estimate of drug-likeness (QED) is 0.0998. The summed E-state index contributed by atoms with van der Waals surface area (Å²) in [5.74, 6) is 1.18. The van der Waals surface area contributed by atoms with Crippen LogP contribution in [-0.2, 0) is 25.9 Å². The Morgan fingerprint density at radius 3 is 1.92 bits per heavy atom. The number of rotatable bonds is 12. The van der Waals surface area contributed by atoms with Crippen molar-refractivity contribution in [3.8, 4) is 22.6 Å². The van der Waals surface area contributed by atoms with Crippen LogP contribution in [0.1, 0.15) is 104 Å². The van der Waals surface area contributed by atoms with E-state index in [0.29, 0.717) is 29.9 Å². The molecule has 1 aromatic carbocycles. The van der Waals surface area contributed by atoms with E-state index in [9.17, 15) is 15.3 Å². The summed E-state index contributed by atoms with van der Waals surface area (Å²) in [4.78, 5) is 18.2. The average molecular weight is 705 g/mol. The van der Waals surface area contributed by atoms with E-state index in [1.165, 1.54) is 11.1 Å². The molecule has 0 amide bonds. The van der Waals surface area contributed by atoms with E-state index < -0.39 is 0 Å². The van der Waals surface area contributed by atoms with E-state index in [0.717, 1.165) is 115 Å². The van der Waals surface area contributed by atoms with Gasteiger partial charge in [-0.1, -0.05) is 27.7 Å². The second-order valence-electron chi connectivity index (χ2n) is 13.4.